The number of aryl methyl sites for hydroxylation is 2. The molecule has 0 radical (unpaired) electrons. The number of pyridine rings is 3. The van der Waals surface area contributed by atoms with Crippen LogP contribution in [0, 0.1) is 19.7 Å². The molecule has 3 aromatic heterocycles. The molecule has 0 saturated carbocycles. The second-order valence-corrected chi connectivity index (χ2v) is 8.78. The van der Waals surface area contributed by atoms with Crippen LogP contribution in [0.4, 0.5) is 14.5 Å². The lowest BCUT2D eigenvalue weighted by Crippen LogP contribution is -2.14. The van der Waals surface area contributed by atoms with Crippen LogP contribution in [-0.4, -0.2) is 33.9 Å². The minimum absolute atomic E-state index is 0.00679. The Kier molecular flexibility index (Phi) is 10.4. The minimum Gasteiger partial charge on any atom is -0.478 e. The number of halogens is 2. The number of amides is 2. The van der Waals surface area contributed by atoms with E-state index in [2.05, 4.69) is 26.0 Å². The number of benzene rings is 1. The van der Waals surface area contributed by atoms with Crippen LogP contribution < -0.4 is 15.8 Å². The van der Waals surface area contributed by atoms with E-state index in [1.807, 2.05) is 32.0 Å². The molecule has 0 bridgehead atoms. The number of hydrogen-bond donors (Lipinski definition) is 2. The molecule has 0 spiro atoms. The van der Waals surface area contributed by atoms with E-state index in [-0.39, 0.29) is 29.8 Å². The SMILES string of the molecule is CCOc1cc(-c2cc(NC(=O)c3ccnc(C(F)CC)c3)c(F)cc2C)cc(-c2ccnc(C)c2)n1.NC=O. The first-order chi connectivity index (χ1) is 19.2. The van der Waals surface area contributed by atoms with Gasteiger partial charge in [0, 0.05) is 35.3 Å². The van der Waals surface area contributed by atoms with Crippen LogP contribution >= 0.6 is 0 Å². The Morgan fingerprint density at radius 3 is 2.45 bits per heavy atom. The molecule has 1 aromatic carbocycles. The first-order valence-electron chi connectivity index (χ1n) is 12.7. The van der Waals surface area contributed by atoms with Gasteiger partial charge in [0.25, 0.3) is 5.91 Å². The number of ether oxygens (including phenoxy) is 1. The largest absolute Gasteiger partial charge is 0.478 e. The first-order valence-corrected chi connectivity index (χ1v) is 12.7. The zero-order chi connectivity index (χ0) is 29.2. The van der Waals surface area contributed by atoms with Crippen molar-refractivity contribution in [3.63, 3.8) is 0 Å². The van der Waals surface area contributed by atoms with Gasteiger partial charge in [-0.25, -0.2) is 13.8 Å². The molecule has 3 heterocycles. The van der Waals surface area contributed by atoms with Crippen LogP contribution in [-0.2, 0) is 4.79 Å². The summed E-state index contributed by atoms with van der Waals surface area (Å²) in [4.78, 5) is 34.3. The van der Waals surface area contributed by atoms with Gasteiger partial charge < -0.3 is 15.8 Å². The van der Waals surface area contributed by atoms with Crippen LogP contribution in [0.5, 0.6) is 5.88 Å². The van der Waals surface area contributed by atoms with Gasteiger partial charge in [-0.3, -0.25) is 19.6 Å². The third-order valence-electron chi connectivity index (χ3n) is 5.88. The van der Waals surface area contributed by atoms with Gasteiger partial charge >= 0.3 is 0 Å². The molecule has 3 N–H and O–H groups in total. The quantitative estimate of drug-likeness (QED) is 0.256. The van der Waals surface area contributed by atoms with Crippen molar-refractivity contribution in [1.82, 2.24) is 15.0 Å². The average molecular weight is 548 g/mol. The molecule has 40 heavy (non-hydrogen) atoms. The van der Waals surface area contributed by atoms with E-state index in [1.165, 1.54) is 24.4 Å². The van der Waals surface area contributed by atoms with Crippen LogP contribution in [0.15, 0.2) is 60.9 Å². The Morgan fingerprint density at radius 2 is 1.77 bits per heavy atom. The third kappa shape index (κ3) is 7.43. The van der Waals surface area contributed by atoms with Gasteiger partial charge in [-0.2, -0.15) is 0 Å². The lowest BCUT2D eigenvalue weighted by Gasteiger charge is -2.15. The molecule has 1 unspecified atom stereocenters. The highest BCUT2D eigenvalue weighted by molar-refractivity contribution is 6.04. The number of primary amides is 1. The van der Waals surface area contributed by atoms with Crippen LogP contribution in [0.25, 0.3) is 22.4 Å². The summed E-state index contributed by atoms with van der Waals surface area (Å²) >= 11 is 0. The van der Waals surface area contributed by atoms with Crippen LogP contribution in [0.3, 0.4) is 0 Å². The lowest BCUT2D eigenvalue weighted by atomic mass is 9.98. The Labute approximate surface area is 231 Å². The molecule has 0 aliphatic rings. The van der Waals surface area contributed by atoms with E-state index in [4.69, 9.17) is 9.53 Å². The van der Waals surface area contributed by atoms with Gasteiger partial charge in [-0.15, -0.1) is 0 Å². The molecular weight excluding hydrogens is 516 g/mol. The van der Waals surface area contributed by atoms with E-state index < -0.39 is 17.9 Å². The van der Waals surface area contributed by atoms with E-state index in [9.17, 15) is 13.6 Å². The number of aromatic nitrogens is 3. The fourth-order valence-electron chi connectivity index (χ4n) is 3.98. The van der Waals surface area contributed by atoms with E-state index >= 15 is 0 Å². The summed E-state index contributed by atoms with van der Waals surface area (Å²) in [6, 6.07) is 13.3. The van der Waals surface area contributed by atoms with Gasteiger partial charge in [-0.05, 0) is 86.3 Å². The molecule has 4 rings (SSSR count). The predicted molar refractivity (Wildman–Crippen MR) is 150 cm³/mol. The predicted octanol–water partition coefficient (Wildman–Crippen LogP) is 6.13. The molecule has 10 heteroatoms. The van der Waals surface area contributed by atoms with Crippen molar-refractivity contribution < 1.29 is 23.1 Å². The molecule has 8 nitrogen and oxygen atoms in total. The van der Waals surface area contributed by atoms with Crippen molar-refractivity contribution in [1.29, 1.82) is 0 Å². The molecule has 2 amide bonds. The lowest BCUT2D eigenvalue weighted by molar-refractivity contribution is -0.106. The molecule has 0 fully saturated rings. The Hall–Kier alpha value is -4.73. The van der Waals surface area contributed by atoms with Crippen molar-refractivity contribution >= 4 is 18.0 Å². The average Bonchev–Trinajstić information content (AvgIpc) is 2.94. The standard InChI is InChI=1S/C29H28F2N4O2.CH3NO/c1-5-23(30)26-13-20(8-10-33-26)29(36)35-27-16-22(17(3)11-24(27)31)21-14-25(34-28(15-21)37-6-2)19-7-9-32-18(4)12-19;2-1-3/h7-16,23H,5-6H2,1-4H3,(H,35,36);1H,(H2,2,3). The maximum atomic E-state index is 14.9. The number of carbonyl (C=O) groups is 2. The van der Waals surface area contributed by atoms with Crippen LogP contribution in [0.1, 0.15) is 53.7 Å². The van der Waals surface area contributed by atoms with Crippen molar-refractivity contribution in [2.24, 2.45) is 5.73 Å². The van der Waals surface area contributed by atoms with E-state index in [0.717, 1.165) is 16.8 Å². The second kappa shape index (κ2) is 13.9. The topological polar surface area (TPSA) is 120 Å². The van der Waals surface area contributed by atoms with Gasteiger partial charge in [-0.1, -0.05) is 6.92 Å². The fourth-order valence-corrected chi connectivity index (χ4v) is 3.98. The molecule has 4 aromatic rings. The molecular formula is C30H31F2N5O3. The summed E-state index contributed by atoms with van der Waals surface area (Å²) in [7, 11) is 0. The van der Waals surface area contributed by atoms with E-state index in [0.29, 0.717) is 29.3 Å². The summed E-state index contributed by atoms with van der Waals surface area (Å²) in [5.74, 6) is -0.706. The minimum atomic E-state index is -1.28. The highest BCUT2D eigenvalue weighted by Gasteiger charge is 2.17. The van der Waals surface area contributed by atoms with Gasteiger partial charge in [0.2, 0.25) is 12.3 Å². The summed E-state index contributed by atoms with van der Waals surface area (Å²) in [6.07, 6.45) is 2.30. The normalized spacial score (nSPS) is 11.2. The number of carbonyl (C=O) groups excluding carboxylic acids is 2. The number of alkyl halides is 1. The van der Waals surface area contributed by atoms with Gasteiger partial charge in [0.05, 0.1) is 23.7 Å². The number of rotatable bonds is 8. The van der Waals surface area contributed by atoms with E-state index in [1.54, 1.807) is 32.2 Å². The number of hydrogen-bond acceptors (Lipinski definition) is 6. The maximum absolute atomic E-state index is 14.9. The highest BCUT2D eigenvalue weighted by atomic mass is 19.1. The molecule has 1 atom stereocenters. The van der Waals surface area contributed by atoms with Gasteiger partial charge in [0.1, 0.15) is 12.0 Å². The van der Waals surface area contributed by atoms with Crippen molar-refractivity contribution in [3.8, 4) is 28.3 Å². The summed E-state index contributed by atoms with van der Waals surface area (Å²) < 4.78 is 34.7. The maximum Gasteiger partial charge on any atom is 0.255 e. The Balaban J connectivity index is 0.00000141. The number of nitrogens with one attached hydrogen (secondary N) is 1. The van der Waals surface area contributed by atoms with Crippen molar-refractivity contribution in [3.05, 3.63) is 89.3 Å². The monoisotopic (exact) mass is 547 g/mol. The number of nitrogens with two attached hydrogens (primary N) is 1. The first kappa shape index (κ1) is 29.8. The summed E-state index contributed by atoms with van der Waals surface area (Å²) in [6.45, 7) is 7.69. The zero-order valence-electron chi connectivity index (χ0n) is 22.7. The fraction of sp³-hybridized carbons (Fsp3) is 0.233. The molecule has 0 aliphatic heterocycles. The highest BCUT2D eigenvalue weighted by Crippen LogP contribution is 2.34. The smallest absolute Gasteiger partial charge is 0.255 e. The zero-order valence-corrected chi connectivity index (χ0v) is 22.7. The number of anilines is 1. The second-order valence-electron chi connectivity index (χ2n) is 8.78. The van der Waals surface area contributed by atoms with Crippen LogP contribution in [0.2, 0.25) is 0 Å². The number of nitrogens with zero attached hydrogens (tertiary/aromatic N) is 3. The Morgan fingerprint density at radius 1 is 1.05 bits per heavy atom. The summed E-state index contributed by atoms with van der Waals surface area (Å²) in [5, 5.41) is 2.62. The Bertz CT molecular complexity index is 1500. The molecule has 0 saturated heterocycles. The van der Waals surface area contributed by atoms with Gasteiger partial charge in [0.15, 0.2) is 0 Å². The van der Waals surface area contributed by atoms with Crippen molar-refractivity contribution in [2.75, 3.05) is 11.9 Å². The summed E-state index contributed by atoms with van der Waals surface area (Å²) in [5.41, 5.74) is 9.07. The third-order valence-corrected chi connectivity index (χ3v) is 5.88. The molecule has 208 valence electrons. The molecule has 0 aliphatic carbocycles. The van der Waals surface area contributed by atoms with Crippen molar-refractivity contribution in [2.45, 2.75) is 40.3 Å².